The van der Waals surface area contributed by atoms with Crippen molar-refractivity contribution >= 4 is 37.5 Å². The van der Waals surface area contributed by atoms with E-state index in [-0.39, 0.29) is 23.8 Å². The highest BCUT2D eigenvalue weighted by Crippen LogP contribution is 2.37. The van der Waals surface area contributed by atoms with Gasteiger partial charge in [0.05, 0.1) is 44.3 Å². The predicted molar refractivity (Wildman–Crippen MR) is 137 cm³/mol. The minimum absolute atomic E-state index is 0.0533. The van der Waals surface area contributed by atoms with Gasteiger partial charge in [0.15, 0.2) is 11.5 Å². The molecule has 0 aromatic heterocycles. The number of carbonyl (C=O) groups is 1. The van der Waals surface area contributed by atoms with Crippen molar-refractivity contribution in [2.45, 2.75) is 19.5 Å². The van der Waals surface area contributed by atoms with Gasteiger partial charge in [0.25, 0.3) is 5.91 Å². The van der Waals surface area contributed by atoms with E-state index in [4.69, 9.17) is 9.47 Å². The molecule has 1 atom stereocenters. The van der Waals surface area contributed by atoms with E-state index in [2.05, 4.69) is 21.2 Å². The zero-order valence-electron chi connectivity index (χ0n) is 19.4. The van der Waals surface area contributed by atoms with Gasteiger partial charge in [0.1, 0.15) is 0 Å². The predicted octanol–water partition coefficient (Wildman–Crippen LogP) is 4.92. The number of hydrogen-bond donors (Lipinski definition) is 1. The summed E-state index contributed by atoms with van der Waals surface area (Å²) in [6, 6.07) is 19.5. The zero-order chi connectivity index (χ0) is 24.9. The minimum atomic E-state index is -3.75. The summed E-state index contributed by atoms with van der Waals surface area (Å²) in [7, 11) is -0.833. The first kappa shape index (κ1) is 25.6. The largest absolute Gasteiger partial charge is 0.493 e. The second-order valence-corrected chi connectivity index (χ2v) is 10.5. The molecule has 1 unspecified atom stereocenters. The Bertz CT molecular complexity index is 1250. The number of ether oxygens (including phenoxy) is 2. The first-order valence-corrected chi connectivity index (χ1v) is 13.1. The maximum absolute atomic E-state index is 13.4. The van der Waals surface area contributed by atoms with Crippen molar-refractivity contribution in [2.75, 3.05) is 24.8 Å². The van der Waals surface area contributed by atoms with Crippen molar-refractivity contribution in [1.29, 1.82) is 0 Å². The number of benzene rings is 3. The number of amides is 1. The fourth-order valence-electron chi connectivity index (χ4n) is 3.50. The van der Waals surface area contributed by atoms with Gasteiger partial charge in [-0.15, -0.1) is 0 Å². The van der Waals surface area contributed by atoms with Crippen molar-refractivity contribution in [2.24, 2.45) is 0 Å². The Kier molecular flexibility index (Phi) is 8.22. The van der Waals surface area contributed by atoms with Crippen LogP contribution in [0.15, 0.2) is 71.2 Å². The molecule has 0 heterocycles. The number of sulfonamides is 1. The highest BCUT2D eigenvalue weighted by atomic mass is 79.9. The molecule has 1 amide bonds. The third-order valence-corrected chi connectivity index (χ3v) is 6.96. The SMILES string of the molecule is COc1cc(C(=O)NC(C)c2ccc(Br)cc2)c(N(Cc2ccccc2)S(C)(=O)=O)cc1OC. The Hall–Kier alpha value is -3.04. The molecule has 0 saturated carbocycles. The quantitative estimate of drug-likeness (QED) is 0.411. The molecule has 3 rings (SSSR count). The van der Waals surface area contributed by atoms with Gasteiger partial charge in [-0.1, -0.05) is 58.4 Å². The Labute approximate surface area is 208 Å². The second-order valence-electron chi connectivity index (χ2n) is 7.73. The number of nitrogens with zero attached hydrogens (tertiary/aromatic N) is 1. The molecule has 0 aliphatic carbocycles. The van der Waals surface area contributed by atoms with Crippen molar-refractivity contribution < 1.29 is 22.7 Å². The second kappa shape index (κ2) is 10.9. The molecule has 0 fully saturated rings. The average Bonchev–Trinajstić information content (AvgIpc) is 2.82. The fraction of sp³-hybridized carbons (Fsp3) is 0.240. The summed E-state index contributed by atoms with van der Waals surface area (Å²) < 4.78 is 38.6. The van der Waals surface area contributed by atoms with Crippen LogP contribution in [0, 0.1) is 0 Å². The van der Waals surface area contributed by atoms with Gasteiger partial charge < -0.3 is 14.8 Å². The molecule has 1 N–H and O–H groups in total. The minimum Gasteiger partial charge on any atom is -0.493 e. The third-order valence-electron chi connectivity index (χ3n) is 5.30. The van der Waals surface area contributed by atoms with Crippen LogP contribution in [0.3, 0.4) is 0 Å². The maximum Gasteiger partial charge on any atom is 0.254 e. The number of hydrogen-bond acceptors (Lipinski definition) is 5. The average molecular weight is 547 g/mol. The van der Waals surface area contributed by atoms with Gasteiger partial charge in [-0.2, -0.15) is 0 Å². The van der Waals surface area contributed by atoms with E-state index in [1.807, 2.05) is 61.5 Å². The van der Waals surface area contributed by atoms with Crippen molar-refractivity contribution in [3.05, 3.63) is 87.9 Å². The summed E-state index contributed by atoms with van der Waals surface area (Å²) in [5, 5.41) is 2.96. The first-order valence-electron chi connectivity index (χ1n) is 10.5. The molecule has 0 saturated heterocycles. The molecule has 0 aliphatic rings. The molecule has 7 nitrogen and oxygen atoms in total. The van der Waals surface area contributed by atoms with Gasteiger partial charge >= 0.3 is 0 Å². The lowest BCUT2D eigenvalue weighted by Crippen LogP contribution is -2.33. The third kappa shape index (κ3) is 6.09. The van der Waals surface area contributed by atoms with Gasteiger partial charge in [-0.05, 0) is 36.2 Å². The lowest BCUT2D eigenvalue weighted by atomic mass is 10.1. The molecular formula is C25H27BrN2O5S. The van der Waals surface area contributed by atoms with Crippen molar-refractivity contribution in [1.82, 2.24) is 5.32 Å². The van der Waals surface area contributed by atoms with Gasteiger partial charge in [0.2, 0.25) is 10.0 Å². The zero-order valence-corrected chi connectivity index (χ0v) is 21.8. The highest BCUT2D eigenvalue weighted by molar-refractivity contribution is 9.10. The molecular weight excluding hydrogens is 520 g/mol. The van der Waals surface area contributed by atoms with Crippen LogP contribution in [0.4, 0.5) is 5.69 Å². The molecule has 0 spiro atoms. The number of rotatable bonds is 9. The Balaban J connectivity index is 2.07. The molecule has 9 heteroatoms. The topological polar surface area (TPSA) is 84.9 Å². The highest BCUT2D eigenvalue weighted by Gasteiger charge is 2.27. The van der Waals surface area contributed by atoms with E-state index in [1.54, 1.807) is 0 Å². The smallest absolute Gasteiger partial charge is 0.254 e. The maximum atomic E-state index is 13.4. The summed E-state index contributed by atoms with van der Waals surface area (Å²) in [6.07, 6.45) is 1.11. The normalized spacial score (nSPS) is 12.0. The Morgan fingerprint density at radius 2 is 1.59 bits per heavy atom. The summed E-state index contributed by atoms with van der Waals surface area (Å²) in [5.74, 6) is 0.200. The Morgan fingerprint density at radius 3 is 2.15 bits per heavy atom. The molecule has 0 radical (unpaired) electrons. The van der Waals surface area contributed by atoms with E-state index < -0.39 is 15.9 Å². The molecule has 0 bridgehead atoms. The van der Waals surface area contributed by atoms with Crippen LogP contribution in [0.5, 0.6) is 11.5 Å². The van der Waals surface area contributed by atoms with Gasteiger partial charge in [-0.3, -0.25) is 9.10 Å². The van der Waals surface area contributed by atoms with Crippen molar-refractivity contribution in [3.63, 3.8) is 0 Å². The van der Waals surface area contributed by atoms with E-state index in [9.17, 15) is 13.2 Å². The number of methoxy groups -OCH3 is 2. The van der Waals surface area contributed by atoms with E-state index in [1.165, 1.54) is 30.7 Å². The number of anilines is 1. The Morgan fingerprint density at radius 1 is 1.00 bits per heavy atom. The van der Waals surface area contributed by atoms with Crippen LogP contribution in [0.25, 0.3) is 0 Å². The summed E-state index contributed by atoms with van der Waals surface area (Å²) in [5.41, 5.74) is 2.03. The molecule has 180 valence electrons. The van der Waals surface area contributed by atoms with E-state index >= 15 is 0 Å². The number of nitrogens with one attached hydrogen (secondary N) is 1. The summed E-state index contributed by atoms with van der Waals surface area (Å²) in [4.78, 5) is 13.4. The first-order chi connectivity index (χ1) is 16.1. The van der Waals surface area contributed by atoms with Crippen LogP contribution in [0.1, 0.15) is 34.5 Å². The van der Waals surface area contributed by atoms with Crippen LogP contribution in [0.2, 0.25) is 0 Å². The van der Waals surface area contributed by atoms with Crippen LogP contribution in [-0.2, 0) is 16.6 Å². The van der Waals surface area contributed by atoms with Gasteiger partial charge in [0, 0.05) is 10.5 Å². The van der Waals surface area contributed by atoms with Crippen LogP contribution < -0.4 is 19.1 Å². The fourth-order valence-corrected chi connectivity index (χ4v) is 4.65. The van der Waals surface area contributed by atoms with E-state index in [0.717, 1.165) is 21.9 Å². The molecule has 3 aromatic rings. The van der Waals surface area contributed by atoms with E-state index in [0.29, 0.717) is 11.5 Å². The standard InChI is InChI=1S/C25H27BrN2O5S/c1-17(19-10-12-20(26)13-11-19)27-25(29)21-14-23(32-2)24(33-3)15-22(21)28(34(4,30)31)16-18-8-6-5-7-9-18/h5-15,17H,16H2,1-4H3,(H,27,29). The van der Waals surface area contributed by atoms with Crippen molar-refractivity contribution in [3.8, 4) is 11.5 Å². The monoisotopic (exact) mass is 546 g/mol. The molecule has 0 aliphatic heterocycles. The van der Waals surface area contributed by atoms with Crippen LogP contribution in [-0.4, -0.2) is 34.8 Å². The summed E-state index contributed by atoms with van der Waals surface area (Å²) in [6.45, 7) is 1.91. The molecule has 34 heavy (non-hydrogen) atoms. The number of halogens is 1. The van der Waals surface area contributed by atoms with Gasteiger partial charge in [-0.25, -0.2) is 8.42 Å². The molecule has 3 aromatic carbocycles. The lowest BCUT2D eigenvalue weighted by Gasteiger charge is -2.26. The lowest BCUT2D eigenvalue weighted by molar-refractivity contribution is 0.0940. The summed E-state index contributed by atoms with van der Waals surface area (Å²) >= 11 is 3.41. The van der Waals surface area contributed by atoms with Crippen LogP contribution >= 0.6 is 15.9 Å². The number of carbonyl (C=O) groups excluding carboxylic acids is 1.